The number of aryl methyl sites for hydroxylation is 2. The first kappa shape index (κ1) is 18.9. The number of nitrogens with zero attached hydrogens (tertiary/aromatic N) is 2. The summed E-state index contributed by atoms with van der Waals surface area (Å²) in [6.45, 7) is 2.42. The van der Waals surface area contributed by atoms with Gasteiger partial charge in [-0.15, -0.1) is 0 Å². The Morgan fingerprint density at radius 3 is 2.63 bits per heavy atom. The summed E-state index contributed by atoms with van der Waals surface area (Å²) in [4.78, 5) is 21.1. The maximum Gasteiger partial charge on any atom is 0.270 e. The summed E-state index contributed by atoms with van der Waals surface area (Å²) in [5.41, 5.74) is 3.08. The van der Waals surface area contributed by atoms with E-state index in [1.54, 1.807) is 18.2 Å². The van der Waals surface area contributed by atoms with Gasteiger partial charge in [0.1, 0.15) is 5.69 Å². The molecule has 0 spiro atoms. The number of nitrogens with one attached hydrogen (secondary N) is 2. The van der Waals surface area contributed by atoms with E-state index in [2.05, 4.69) is 32.7 Å². The average Bonchev–Trinajstić information content (AvgIpc) is 2.65. The largest absolute Gasteiger partial charge is 0.351 e. The second-order valence-electron chi connectivity index (χ2n) is 6.20. The number of halogens is 1. The lowest BCUT2D eigenvalue weighted by molar-refractivity contribution is 0.0948. The highest BCUT2D eigenvalue weighted by atomic mass is 35.5. The molecule has 3 aromatic rings. The molecular weight excluding hydrogens is 360 g/mol. The van der Waals surface area contributed by atoms with E-state index in [-0.39, 0.29) is 5.91 Å². The van der Waals surface area contributed by atoms with Gasteiger partial charge in [-0.1, -0.05) is 48.0 Å². The van der Waals surface area contributed by atoms with Gasteiger partial charge < -0.3 is 10.6 Å². The Balaban J connectivity index is 1.58. The van der Waals surface area contributed by atoms with Gasteiger partial charge in [0.05, 0.1) is 0 Å². The maximum atomic E-state index is 12.4. The third-order valence-corrected chi connectivity index (χ3v) is 4.17. The number of amides is 1. The van der Waals surface area contributed by atoms with Crippen molar-refractivity contribution in [3.05, 3.63) is 82.6 Å². The molecule has 2 N–H and O–H groups in total. The van der Waals surface area contributed by atoms with E-state index in [1.165, 1.54) is 5.56 Å². The molecule has 6 heteroatoms. The Kier molecular flexibility index (Phi) is 6.39. The first-order valence-corrected chi connectivity index (χ1v) is 9.18. The Bertz CT molecular complexity index is 915. The van der Waals surface area contributed by atoms with Crippen LogP contribution in [-0.4, -0.2) is 22.4 Å². The lowest BCUT2D eigenvalue weighted by Gasteiger charge is -2.09. The minimum absolute atomic E-state index is 0.206. The van der Waals surface area contributed by atoms with Crippen molar-refractivity contribution in [1.82, 2.24) is 15.3 Å². The van der Waals surface area contributed by atoms with Crippen LogP contribution in [-0.2, 0) is 6.42 Å². The quantitative estimate of drug-likeness (QED) is 0.590. The fraction of sp³-hybridized carbons (Fsp3) is 0.190. The highest BCUT2D eigenvalue weighted by molar-refractivity contribution is 6.30. The van der Waals surface area contributed by atoms with E-state index in [4.69, 9.17) is 11.6 Å². The van der Waals surface area contributed by atoms with Crippen LogP contribution in [0.2, 0.25) is 5.02 Å². The molecule has 138 valence electrons. The first-order chi connectivity index (χ1) is 13.1. The van der Waals surface area contributed by atoms with Crippen molar-refractivity contribution in [2.45, 2.75) is 19.8 Å². The van der Waals surface area contributed by atoms with Crippen LogP contribution in [0.25, 0.3) is 0 Å². The molecule has 0 atom stereocenters. The van der Waals surface area contributed by atoms with Crippen LogP contribution in [0.1, 0.15) is 28.2 Å². The van der Waals surface area contributed by atoms with Crippen LogP contribution in [0.5, 0.6) is 0 Å². The third-order valence-electron chi connectivity index (χ3n) is 3.94. The molecule has 0 aliphatic rings. The van der Waals surface area contributed by atoms with Gasteiger partial charge in [0.2, 0.25) is 5.95 Å². The second-order valence-corrected chi connectivity index (χ2v) is 6.64. The van der Waals surface area contributed by atoms with Gasteiger partial charge in [0.25, 0.3) is 5.91 Å². The van der Waals surface area contributed by atoms with Crippen molar-refractivity contribution in [1.29, 1.82) is 0 Å². The van der Waals surface area contributed by atoms with Crippen molar-refractivity contribution >= 4 is 29.1 Å². The van der Waals surface area contributed by atoms with Crippen LogP contribution in [0.15, 0.2) is 60.7 Å². The number of anilines is 2. The molecule has 27 heavy (non-hydrogen) atoms. The predicted molar refractivity (Wildman–Crippen MR) is 109 cm³/mol. The van der Waals surface area contributed by atoms with Crippen LogP contribution < -0.4 is 10.6 Å². The van der Waals surface area contributed by atoms with Gasteiger partial charge in [-0.2, -0.15) is 0 Å². The molecule has 0 fully saturated rings. The summed E-state index contributed by atoms with van der Waals surface area (Å²) < 4.78 is 0. The molecule has 0 saturated carbocycles. The summed E-state index contributed by atoms with van der Waals surface area (Å²) in [5.74, 6) is 0.161. The fourth-order valence-corrected chi connectivity index (χ4v) is 2.86. The van der Waals surface area contributed by atoms with Gasteiger partial charge in [-0.25, -0.2) is 9.97 Å². The second kappa shape index (κ2) is 9.14. The van der Waals surface area contributed by atoms with Gasteiger partial charge in [0, 0.05) is 22.9 Å². The molecule has 0 saturated heterocycles. The van der Waals surface area contributed by atoms with Crippen LogP contribution in [0.3, 0.4) is 0 Å². The van der Waals surface area contributed by atoms with E-state index >= 15 is 0 Å². The van der Waals surface area contributed by atoms with Gasteiger partial charge >= 0.3 is 0 Å². The summed E-state index contributed by atoms with van der Waals surface area (Å²) >= 11 is 5.99. The number of benzene rings is 2. The summed E-state index contributed by atoms with van der Waals surface area (Å²) in [6.07, 6.45) is 1.79. The zero-order valence-corrected chi connectivity index (χ0v) is 15.8. The minimum Gasteiger partial charge on any atom is -0.351 e. The molecule has 0 aliphatic heterocycles. The highest BCUT2D eigenvalue weighted by Gasteiger charge is 2.10. The number of hydrogen-bond donors (Lipinski definition) is 2. The smallest absolute Gasteiger partial charge is 0.270 e. The Morgan fingerprint density at radius 1 is 1.04 bits per heavy atom. The Morgan fingerprint density at radius 2 is 1.85 bits per heavy atom. The van der Waals surface area contributed by atoms with Crippen molar-refractivity contribution in [2.75, 3.05) is 11.9 Å². The molecule has 1 amide bonds. The van der Waals surface area contributed by atoms with E-state index in [0.717, 1.165) is 18.5 Å². The van der Waals surface area contributed by atoms with Gasteiger partial charge in [-0.3, -0.25) is 4.79 Å². The molecular formula is C21H21ClN4O. The summed E-state index contributed by atoms with van der Waals surface area (Å²) in [5, 5.41) is 6.62. The van der Waals surface area contributed by atoms with Crippen molar-refractivity contribution in [3.63, 3.8) is 0 Å². The fourth-order valence-electron chi connectivity index (χ4n) is 2.67. The Hall–Kier alpha value is -2.92. The number of carbonyl (C=O) groups is 1. The zero-order valence-electron chi connectivity index (χ0n) is 15.1. The number of rotatable bonds is 7. The number of aromatic nitrogens is 2. The maximum absolute atomic E-state index is 12.4. The molecule has 2 aromatic carbocycles. The number of hydrogen-bond acceptors (Lipinski definition) is 4. The van der Waals surface area contributed by atoms with E-state index < -0.39 is 0 Å². The molecule has 3 rings (SSSR count). The Labute approximate surface area is 163 Å². The van der Waals surface area contributed by atoms with Gasteiger partial charge in [0.15, 0.2) is 0 Å². The molecule has 1 aromatic heterocycles. The third kappa shape index (κ3) is 5.79. The van der Waals surface area contributed by atoms with Gasteiger partial charge in [-0.05, 0) is 49.6 Å². The van der Waals surface area contributed by atoms with Crippen LogP contribution in [0, 0.1) is 6.92 Å². The van der Waals surface area contributed by atoms with E-state index in [9.17, 15) is 4.79 Å². The van der Waals surface area contributed by atoms with Crippen molar-refractivity contribution < 1.29 is 4.79 Å². The van der Waals surface area contributed by atoms with E-state index in [0.29, 0.717) is 28.9 Å². The van der Waals surface area contributed by atoms with Crippen LogP contribution in [0.4, 0.5) is 11.6 Å². The molecule has 1 heterocycles. The minimum atomic E-state index is -0.206. The molecule has 5 nitrogen and oxygen atoms in total. The summed E-state index contributed by atoms with van der Waals surface area (Å²) in [6, 6.07) is 19.1. The van der Waals surface area contributed by atoms with Crippen LogP contribution >= 0.6 is 11.6 Å². The standard InChI is InChI=1S/C21H21ClN4O/c1-15-13-19(20(27)23-12-6-9-16-7-3-2-4-8-16)26-21(24-15)25-18-11-5-10-17(22)14-18/h2-5,7-8,10-11,13-14H,6,9,12H2,1H3,(H,23,27)(H,24,25,26). The first-order valence-electron chi connectivity index (χ1n) is 8.80. The summed E-state index contributed by atoms with van der Waals surface area (Å²) in [7, 11) is 0. The molecule has 0 aliphatic carbocycles. The predicted octanol–water partition coefficient (Wildman–Crippen LogP) is 4.54. The van der Waals surface area contributed by atoms with Crippen molar-refractivity contribution in [2.24, 2.45) is 0 Å². The highest BCUT2D eigenvalue weighted by Crippen LogP contribution is 2.18. The SMILES string of the molecule is Cc1cc(C(=O)NCCCc2ccccc2)nc(Nc2cccc(Cl)c2)n1. The lowest BCUT2D eigenvalue weighted by Crippen LogP contribution is -2.26. The molecule has 0 radical (unpaired) electrons. The number of carbonyl (C=O) groups excluding carboxylic acids is 1. The molecule has 0 bridgehead atoms. The monoisotopic (exact) mass is 380 g/mol. The van der Waals surface area contributed by atoms with Crippen molar-refractivity contribution in [3.8, 4) is 0 Å². The van der Waals surface area contributed by atoms with E-state index in [1.807, 2.05) is 37.3 Å². The molecule has 0 unspecified atom stereocenters. The average molecular weight is 381 g/mol. The zero-order chi connectivity index (χ0) is 19.1. The lowest BCUT2D eigenvalue weighted by atomic mass is 10.1. The normalized spacial score (nSPS) is 10.4. The topological polar surface area (TPSA) is 66.9 Å².